The number of anilines is 1. The molecule has 0 aliphatic carbocycles. The molecule has 0 bridgehead atoms. The number of benzene rings is 1. The van der Waals surface area contributed by atoms with Gasteiger partial charge in [-0.1, -0.05) is 5.92 Å². The molecule has 0 aliphatic heterocycles. The Morgan fingerprint density at radius 2 is 2.33 bits per heavy atom. The molecule has 1 rings (SSSR count). The van der Waals surface area contributed by atoms with Gasteiger partial charge < -0.3 is 5.73 Å². The van der Waals surface area contributed by atoms with Gasteiger partial charge in [0.2, 0.25) is 0 Å². The van der Waals surface area contributed by atoms with Gasteiger partial charge in [-0.05, 0) is 18.2 Å². The van der Waals surface area contributed by atoms with Crippen molar-refractivity contribution in [1.82, 2.24) is 0 Å². The van der Waals surface area contributed by atoms with Gasteiger partial charge in [-0.15, -0.1) is 18.2 Å². The second kappa shape index (κ2) is 4.03. The Morgan fingerprint density at radius 3 is 2.92 bits per heavy atom. The van der Waals surface area contributed by atoms with Crippen LogP contribution in [0.5, 0.6) is 0 Å². The van der Waals surface area contributed by atoms with Crippen LogP contribution in [-0.4, -0.2) is 5.75 Å². The molecule has 1 aromatic carbocycles. The molecule has 0 aliphatic rings. The van der Waals surface area contributed by atoms with E-state index in [0.717, 1.165) is 4.90 Å². The number of rotatable bonds is 2. The molecular formula is C9H8FNS. The first-order valence-electron chi connectivity index (χ1n) is 3.35. The SMILES string of the molecule is C#CCSc1ccc(F)cc1N. The van der Waals surface area contributed by atoms with Gasteiger partial charge in [0, 0.05) is 10.6 Å². The Bertz CT molecular complexity index is 317. The molecule has 0 atom stereocenters. The number of thioether (sulfide) groups is 1. The molecular weight excluding hydrogens is 173 g/mol. The van der Waals surface area contributed by atoms with Crippen LogP contribution in [-0.2, 0) is 0 Å². The zero-order chi connectivity index (χ0) is 8.97. The summed E-state index contributed by atoms with van der Waals surface area (Å²) >= 11 is 1.43. The smallest absolute Gasteiger partial charge is 0.125 e. The van der Waals surface area contributed by atoms with Crippen LogP contribution in [0.25, 0.3) is 0 Å². The van der Waals surface area contributed by atoms with E-state index in [9.17, 15) is 4.39 Å². The molecule has 2 N–H and O–H groups in total. The highest BCUT2D eigenvalue weighted by molar-refractivity contribution is 7.99. The molecule has 0 unspecified atom stereocenters. The molecule has 0 aromatic heterocycles. The van der Waals surface area contributed by atoms with Crippen molar-refractivity contribution in [2.45, 2.75) is 4.90 Å². The topological polar surface area (TPSA) is 26.0 Å². The summed E-state index contributed by atoms with van der Waals surface area (Å²) in [5, 5.41) is 0. The van der Waals surface area contributed by atoms with E-state index in [2.05, 4.69) is 5.92 Å². The molecule has 12 heavy (non-hydrogen) atoms. The quantitative estimate of drug-likeness (QED) is 0.429. The zero-order valence-electron chi connectivity index (χ0n) is 6.38. The number of halogens is 1. The molecule has 0 saturated carbocycles. The summed E-state index contributed by atoms with van der Waals surface area (Å²) < 4.78 is 12.5. The van der Waals surface area contributed by atoms with Gasteiger partial charge in [-0.25, -0.2) is 4.39 Å². The summed E-state index contributed by atoms with van der Waals surface area (Å²) in [6.45, 7) is 0. The fourth-order valence-electron chi connectivity index (χ4n) is 0.770. The normalized spacial score (nSPS) is 9.33. The van der Waals surface area contributed by atoms with E-state index in [1.54, 1.807) is 6.07 Å². The highest BCUT2D eigenvalue weighted by Gasteiger charge is 1.99. The summed E-state index contributed by atoms with van der Waals surface area (Å²) in [6.07, 6.45) is 5.07. The Morgan fingerprint density at radius 1 is 1.58 bits per heavy atom. The van der Waals surface area contributed by atoms with E-state index >= 15 is 0 Å². The largest absolute Gasteiger partial charge is 0.398 e. The van der Waals surface area contributed by atoms with E-state index in [1.807, 2.05) is 0 Å². The van der Waals surface area contributed by atoms with Crippen molar-refractivity contribution >= 4 is 17.4 Å². The lowest BCUT2D eigenvalue weighted by molar-refractivity contribution is 0.627. The summed E-state index contributed by atoms with van der Waals surface area (Å²) in [5.41, 5.74) is 5.97. The maximum Gasteiger partial charge on any atom is 0.125 e. The second-order valence-electron chi connectivity index (χ2n) is 2.17. The van der Waals surface area contributed by atoms with Crippen LogP contribution in [0.15, 0.2) is 23.1 Å². The van der Waals surface area contributed by atoms with Gasteiger partial charge in [0.05, 0.1) is 5.75 Å². The molecule has 62 valence electrons. The van der Waals surface area contributed by atoms with Crippen molar-refractivity contribution in [3.63, 3.8) is 0 Å². The summed E-state index contributed by atoms with van der Waals surface area (Å²) in [6, 6.07) is 4.29. The van der Waals surface area contributed by atoms with E-state index in [1.165, 1.54) is 23.9 Å². The van der Waals surface area contributed by atoms with Crippen molar-refractivity contribution in [3.05, 3.63) is 24.0 Å². The molecule has 0 heterocycles. The van der Waals surface area contributed by atoms with Crippen molar-refractivity contribution in [2.24, 2.45) is 0 Å². The van der Waals surface area contributed by atoms with Crippen molar-refractivity contribution in [3.8, 4) is 12.3 Å². The molecule has 3 heteroatoms. The van der Waals surface area contributed by atoms with Crippen LogP contribution in [0, 0.1) is 18.2 Å². The van der Waals surface area contributed by atoms with Crippen molar-refractivity contribution < 1.29 is 4.39 Å². The third kappa shape index (κ3) is 2.18. The highest BCUT2D eigenvalue weighted by Crippen LogP contribution is 2.24. The van der Waals surface area contributed by atoms with Crippen molar-refractivity contribution in [2.75, 3.05) is 11.5 Å². The number of hydrogen-bond acceptors (Lipinski definition) is 2. The summed E-state index contributed by atoms with van der Waals surface area (Å²) in [4.78, 5) is 0.828. The minimum Gasteiger partial charge on any atom is -0.398 e. The molecule has 0 fully saturated rings. The molecule has 0 radical (unpaired) electrons. The lowest BCUT2D eigenvalue weighted by atomic mass is 10.3. The van der Waals surface area contributed by atoms with Crippen LogP contribution in [0.4, 0.5) is 10.1 Å². The van der Waals surface area contributed by atoms with E-state index in [0.29, 0.717) is 11.4 Å². The number of nitrogen functional groups attached to an aromatic ring is 1. The zero-order valence-corrected chi connectivity index (χ0v) is 7.20. The van der Waals surface area contributed by atoms with Crippen LogP contribution in [0.1, 0.15) is 0 Å². The van der Waals surface area contributed by atoms with Crippen LogP contribution < -0.4 is 5.73 Å². The first-order valence-corrected chi connectivity index (χ1v) is 4.34. The number of hydrogen-bond donors (Lipinski definition) is 1. The van der Waals surface area contributed by atoms with Crippen molar-refractivity contribution in [1.29, 1.82) is 0 Å². The first kappa shape index (κ1) is 8.95. The summed E-state index contributed by atoms with van der Waals surface area (Å²) in [5.74, 6) is 2.70. The van der Waals surface area contributed by atoms with Gasteiger partial charge in [-0.3, -0.25) is 0 Å². The minimum atomic E-state index is -0.322. The van der Waals surface area contributed by atoms with E-state index < -0.39 is 0 Å². The monoisotopic (exact) mass is 181 g/mol. The molecule has 1 nitrogen and oxygen atoms in total. The lowest BCUT2D eigenvalue weighted by Crippen LogP contribution is -1.89. The fourth-order valence-corrected chi connectivity index (χ4v) is 1.40. The van der Waals surface area contributed by atoms with Crippen LogP contribution in [0.3, 0.4) is 0 Å². The predicted octanol–water partition coefficient (Wildman–Crippen LogP) is 2.13. The molecule has 0 spiro atoms. The van der Waals surface area contributed by atoms with Gasteiger partial charge in [0.25, 0.3) is 0 Å². The molecule has 0 saturated heterocycles. The molecule has 1 aromatic rings. The Kier molecular flexibility index (Phi) is 3.01. The maximum absolute atomic E-state index is 12.5. The average Bonchev–Trinajstić information content (AvgIpc) is 2.03. The van der Waals surface area contributed by atoms with Crippen LogP contribution in [0.2, 0.25) is 0 Å². The molecule has 0 amide bonds. The van der Waals surface area contributed by atoms with Crippen LogP contribution >= 0.6 is 11.8 Å². The summed E-state index contributed by atoms with van der Waals surface area (Å²) in [7, 11) is 0. The average molecular weight is 181 g/mol. The Balaban J connectivity index is 2.81. The van der Waals surface area contributed by atoms with Gasteiger partial charge in [0.1, 0.15) is 5.82 Å². The van der Waals surface area contributed by atoms with E-state index in [-0.39, 0.29) is 5.82 Å². The first-order chi connectivity index (χ1) is 5.74. The standard InChI is InChI=1S/C9H8FNS/c1-2-5-12-9-4-3-7(10)6-8(9)11/h1,3-4,6H,5,11H2. The minimum absolute atomic E-state index is 0.322. The Labute approximate surface area is 75.2 Å². The second-order valence-corrected chi connectivity index (χ2v) is 3.19. The highest BCUT2D eigenvalue weighted by atomic mass is 32.2. The third-order valence-electron chi connectivity index (χ3n) is 1.28. The maximum atomic E-state index is 12.5. The van der Waals surface area contributed by atoms with Gasteiger partial charge in [0.15, 0.2) is 0 Å². The number of nitrogens with two attached hydrogens (primary N) is 1. The Hall–Kier alpha value is -1.14. The third-order valence-corrected chi connectivity index (χ3v) is 2.28. The fraction of sp³-hybridized carbons (Fsp3) is 0.111. The number of terminal acetylenes is 1. The van der Waals surface area contributed by atoms with Gasteiger partial charge >= 0.3 is 0 Å². The van der Waals surface area contributed by atoms with Gasteiger partial charge in [-0.2, -0.15) is 0 Å². The van der Waals surface area contributed by atoms with E-state index in [4.69, 9.17) is 12.2 Å². The lowest BCUT2D eigenvalue weighted by Gasteiger charge is -2.01. The predicted molar refractivity (Wildman–Crippen MR) is 50.4 cm³/mol.